The number of halogens is 3. The van der Waals surface area contributed by atoms with Gasteiger partial charge in [-0.1, -0.05) is 54.6 Å². The van der Waals surface area contributed by atoms with Crippen molar-refractivity contribution in [3.63, 3.8) is 0 Å². The van der Waals surface area contributed by atoms with Gasteiger partial charge >= 0.3 is 24.0 Å². The summed E-state index contributed by atoms with van der Waals surface area (Å²) in [6.07, 6.45) is 5.78. The maximum Gasteiger partial charge on any atom is 0.490 e. The summed E-state index contributed by atoms with van der Waals surface area (Å²) in [5.74, 6) is 0.159. The van der Waals surface area contributed by atoms with Crippen LogP contribution in [-0.4, -0.2) is 145 Å². The number of carbonyl (C=O) groups is 3. The zero-order valence-corrected chi connectivity index (χ0v) is 76.1. The van der Waals surface area contributed by atoms with E-state index in [1.807, 2.05) is 101 Å². The number of phenols is 3. The topological polar surface area (TPSA) is 357 Å². The summed E-state index contributed by atoms with van der Waals surface area (Å²) in [5, 5.41) is 46.1. The molecule has 0 radical (unpaired) electrons. The molecule has 133 heavy (non-hydrogen) atoms. The standard InChI is InChI=1S/C40H40N2O7S2.C36H36N2O5.C23H21N3O5.C3H3F3O2/c43-28-13-11-25(12-14-28)6-5-21-50(44,45)29-15-16-32-35(24-29)51(46,47)49-40(32)33-22-26-7-1-17-41-19-3-9-30(36(26)41)38(33)48-39-31-10-4-20-42-18-2-8-27(37(31)42)23-34(39)40;1-5-37-30-19-33-28(16-21(30)3)36(29-17-22(4)31(38-6-2)20-34(29)42-33)27-15-12-24(18-26(27)35(41)43-36)32(40)9-7-8-23-10-13-25(39)14-11-23;1-26(2)14-5-8-17-19(11-14)31-22-20(25-17)16(12-18(28)21(22)29)23(30)24-10-9-13-3-6-15(27)7-4-13;1-8-2(7)3(4,5)6/h11-16,22-24,43H,1-10,17-21H2;10-20,37-39H,5-9H2,1-4H3;3-8,11-12,25,27H,9-10H2,1-2H3,(H,24,30);1H3/p+1. The number of aryl methyl sites for hydroxylation is 6. The molecule has 10 aromatic carbocycles. The minimum absolute atomic E-state index is 0.0274. The van der Waals surface area contributed by atoms with Gasteiger partial charge in [-0.05, 0) is 235 Å². The van der Waals surface area contributed by atoms with Crippen LogP contribution in [0.2, 0.25) is 0 Å². The highest BCUT2D eigenvalue weighted by Crippen LogP contribution is 2.64. The number of aromatic hydroxyl groups is 3. The number of rotatable bonds is 19. The van der Waals surface area contributed by atoms with Gasteiger partial charge in [-0.2, -0.15) is 21.6 Å². The monoisotopic (exact) mass is 1850 g/mol. The van der Waals surface area contributed by atoms with E-state index in [2.05, 4.69) is 47.3 Å². The Morgan fingerprint density at radius 3 is 1.68 bits per heavy atom. The number of aromatic nitrogens is 1. The number of hydrogen-bond acceptors (Lipinski definition) is 23. The first-order chi connectivity index (χ1) is 63.7. The lowest BCUT2D eigenvalue weighted by Crippen LogP contribution is -2.74. The summed E-state index contributed by atoms with van der Waals surface area (Å²) in [4.78, 5) is 73.7. The number of aromatic amines is 1. The molecule has 0 bridgehead atoms. The van der Waals surface area contributed by atoms with Crippen LogP contribution in [0.5, 0.6) is 40.2 Å². The Bertz CT molecular complexity index is 7000. The van der Waals surface area contributed by atoms with Gasteiger partial charge in [0.15, 0.2) is 32.4 Å². The molecule has 1 aliphatic carbocycles. The Morgan fingerprint density at radius 2 is 1.15 bits per heavy atom. The number of anilines is 5. The van der Waals surface area contributed by atoms with Crippen molar-refractivity contribution in [1.29, 1.82) is 0 Å². The van der Waals surface area contributed by atoms with E-state index in [-0.39, 0.29) is 60.8 Å². The molecule has 0 saturated heterocycles. The number of benzene rings is 10. The molecule has 10 aliphatic rings. The number of alkyl halides is 3. The number of ketones is 1. The largest absolute Gasteiger partial charge is 0.508 e. The minimum Gasteiger partial charge on any atom is -0.508 e. The number of carbonyl (C=O) groups excluding carboxylic acids is 3. The Kier molecular flexibility index (Phi) is 25.0. The SMILES string of the molecule is CCNc1cc2c(cc1C)C1(OC(=O)c3cc(C(=O)CCCc4ccc(O)cc4)ccc31)c1cc(C)c(NCC)cc1O2.CN(C)c1ccc2[nH]c3c(C(O)=[NH+]CCc4ccc(O)cc4)cc(=O)c(=O)c=3oc2c1.COC(=O)C(F)(F)F.O=S(=O)(CCCc1ccc(O)cc1)c1ccc2c(c1)S(=O)(=O)OC21c2cc3c4c(c2Oc2c1cc1c5c2CCCN5CCC1)CCCN4CCC3. The van der Waals surface area contributed by atoms with Crippen molar-refractivity contribution in [2.75, 3.05) is 98.1 Å². The molecule has 690 valence electrons. The fourth-order valence-corrected chi connectivity index (χ4v) is 22.3. The van der Waals surface area contributed by atoms with Gasteiger partial charge in [0.25, 0.3) is 15.5 Å². The molecule has 0 unspecified atom stereocenters. The van der Waals surface area contributed by atoms with Crippen molar-refractivity contribution in [3.8, 4) is 40.2 Å². The predicted molar refractivity (Wildman–Crippen MR) is 497 cm³/mol. The van der Waals surface area contributed by atoms with Crippen LogP contribution in [0.25, 0.3) is 11.1 Å². The Balaban J connectivity index is 0.000000137. The molecule has 9 heterocycles. The molecule has 0 aromatic heterocycles. The van der Waals surface area contributed by atoms with Crippen molar-refractivity contribution < 1.29 is 97.4 Å². The lowest BCUT2D eigenvalue weighted by Gasteiger charge is -2.45. The third kappa shape index (κ3) is 17.4. The highest BCUT2D eigenvalue weighted by molar-refractivity contribution is 7.91. The molecular formula is C102H101F3N7O19S2+. The molecular weight excluding hydrogens is 1750 g/mol. The molecule has 20 rings (SSSR count). The summed E-state index contributed by atoms with van der Waals surface area (Å²) in [6.45, 7) is 14.0. The van der Waals surface area contributed by atoms with E-state index in [4.69, 9.17) is 22.8 Å². The maximum atomic E-state index is 14.4. The van der Waals surface area contributed by atoms with Crippen LogP contribution in [0.3, 0.4) is 0 Å². The number of ether oxygens (including phenoxy) is 4. The smallest absolute Gasteiger partial charge is 0.490 e. The number of esters is 2. The van der Waals surface area contributed by atoms with Crippen LogP contribution < -0.4 is 50.7 Å². The van der Waals surface area contributed by atoms with Crippen molar-refractivity contribution in [2.24, 2.45) is 0 Å². The fourth-order valence-electron chi connectivity index (χ4n) is 19.4. The van der Waals surface area contributed by atoms with Crippen LogP contribution in [0.15, 0.2) is 194 Å². The van der Waals surface area contributed by atoms with E-state index in [9.17, 15) is 74.4 Å². The number of aliphatic hydroxyl groups is 1. The molecule has 8 N–H and O–H groups in total. The molecule has 2 spiro atoms. The van der Waals surface area contributed by atoms with Crippen molar-refractivity contribution in [2.45, 2.75) is 145 Å². The number of methoxy groups -OCH3 is 1. The number of aliphatic hydroxyl groups excluding tert-OH is 1. The van der Waals surface area contributed by atoms with E-state index in [0.717, 1.165) is 170 Å². The number of nitrogens with one attached hydrogen (secondary N) is 4. The summed E-state index contributed by atoms with van der Waals surface area (Å²) >= 11 is 0. The van der Waals surface area contributed by atoms with Crippen LogP contribution >= 0.6 is 0 Å². The van der Waals surface area contributed by atoms with Gasteiger partial charge < -0.3 is 74.1 Å². The van der Waals surface area contributed by atoms with Crippen molar-refractivity contribution >= 4 is 83.1 Å². The predicted octanol–water partition coefficient (Wildman–Crippen LogP) is 15.3. The van der Waals surface area contributed by atoms with Crippen LogP contribution in [0.4, 0.5) is 41.6 Å². The Labute approximate surface area is 765 Å². The summed E-state index contributed by atoms with van der Waals surface area (Å²) in [5.41, 5.74) is 16.6. The molecule has 0 amide bonds. The number of hydrogen-bond donors (Lipinski definition) is 8. The van der Waals surface area contributed by atoms with E-state index in [0.29, 0.717) is 113 Å². The second-order valence-electron chi connectivity index (χ2n) is 34.6. The quantitative estimate of drug-likeness (QED) is 0.00931. The van der Waals surface area contributed by atoms with Crippen molar-refractivity contribution in [3.05, 3.63) is 301 Å². The number of H-pyrrole nitrogens is 1. The molecule has 31 heteroatoms. The maximum absolute atomic E-state index is 14.4. The van der Waals surface area contributed by atoms with Gasteiger partial charge in [0.05, 0.1) is 28.8 Å². The zero-order valence-electron chi connectivity index (χ0n) is 74.4. The summed E-state index contributed by atoms with van der Waals surface area (Å²) in [6, 6.07) is 49.2. The first kappa shape index (κ1) is 91.3. The lowest BCUT2D eigenvalue weighted by molar-refractivity contribution is -0.464. The molecule has 9 aliphatic heterocycles. The Hall–Kier alpha value is -13.7. The van der Waals surface area contributed by atoms with Gasteiger partial charge in [-0.25, -0.2) is 27.2 Å². The van der Waals surface area contributed by atoms with Gasteiger partial charge in [0.2, 0.25) is 10.8 Å². The van der Waals surface area contributed by atoms with E-state index in [1.54, 1.807) is 91.0 Å². The molecule has 0 atom stereocenters. The zero-order chi connectivity index (χ0) is 93.9. The number of sulfone groups is 1. The molecule has 26 nitrogen and oxygen atoms in total. The fraction of sp³-hybridized carbons (Fsp3) is 0.314. The highest BCUT2D eigenvalue weighted by Gasteiger charge is 2.59. The number of fused-ring (bicyclic) bond motifs is 15. The summed E-state index contributed by atoms with van der Waals surface area (Å²) in [7, 11) is -3.76. The molecule has 0 fully saturated rings. The summed E-state index contributed by atoms with van der Waals surface area (Å²) < 4.78 is 125. The first-order valence-corrected chi connectivity index (χ1v) is 47.6. The third-order valence-corrected chi connectivity index (χ3v) is 28.9. The molecule has 10 aromatic rings. The normalized spacial score (nSPS) is 15.7. The average Bonchev–Trinajstić information content (AvgIpc) is 1.55. The van der Waals surface area contributed by atoms with Gasteiger partial charge in [0, 0.05) is 169 Å². The van der Waals surface area contributed by atoms with E-state index in [1.165, 1.54) is 28.6 Å². The second-order valence-corrected chi connectivity index (χ2v) is 38.3. The minimum atomic E-state index is -4.85. The van der Waals surface area contributed by atoms with Crippen LogP contribution in [0.1, 0.15) is 169 Å². The third-order valence-electron chi connectivity index (χ3n) is 25.7. The van der Waals surface area contributed by atoms with E-state index >= 15 is 0 Å². The lowest BCUT2D eigenvalue weighted by atomic mass is 9.73. The van der Waals surface area contributed by atoms with E-state index < -0.39 is 60.1 Å². The van der Waals surface area contributed by atoms with Gasteiger partial charge in [-0.15, -0.1) is 0 Å². The number of phenolic OH excluding ortho intramolecular Hbond substituents is 3. The number of Topliss-reactive ketones (excluding diaryl/α,β-unsaturated/α-hetero) is 1. The average molecular weight is 1850 g/mol. The van der Waals surface area contributed by atoms with Crippen molar-refractivity contribution in [1.82, 2.24) is 4.98 Å². The Morgan fingerprint density at radius 1 is 0.617 bits per heavy atom. The van der Waals surface area contributed by atoms with Crippen LogP contribution in [0, 0.1) is 24.6 Å². The molecule has 0 saturated carbocycles. The van der Waals surface area contributed by atoms with Gasteiger partial charge in [-0.3, -0.25) is 14.4 Å². The number of nitrogens with zero attached hydrogens (tertiary/aromatic N) is 3. The second kappa shape index (κ2) is 36.5. The first-order valence-electron chi connectivity index (χ1n) is 44.6. The van der Waals surface area contributed by atoms with Gasteiger partial charge in [0.1, 0.15) is 62.6 Å². The van der Waals surface area contributed by atoms with Crippen LogP contribution in [-0.2, 0) is 94.6 Å². The highest BCUT2D eigenvalue weighted by atomic mass is 32.2.